The molecule has 0 aromatic carbocycles. The first-order valence-corrected chi connectivity index (χ1v) is 5.40. The van der Waals surface area contributed by atoms with E-state index in [1.807, 2.05) is 0 Å². The van der Waals surface area contributed by atoms with Gasteiger partial charge in [0.2, 0.25) is 5.95 Å². The molecule has 1 saturated carbocycles. The van der Waals surface area contributed by atoms with Gasteiger partial charge in [0.25, 0.3) is 0 Å². The van der Waals surface area contributed by atoms with Crippen LogP contribution in [-0.2, 0) is 0 Å². The molecule has 0 aliphatic heterocycles. The first kappa shape index (κ1) is 10.4. The van der Waals surface area contributed by atoms with Gasteiger partial charge in [0, 0.05) is 6.54 Å². The Hall–Kier alpha value is -1.07. The number of nitrogens with zero attached hydrogens (tertiary/aromatic N) is 2. The Morgan fingerprint density at radius 1 is 1.53 bits per heavy atom. The van der Waals surface area contributed by atoms with Crippen molar-refractivity contribution in [2.75, 3.05) is 17.3 Å². The summed E-state index contributed by atoms with van der Waals surface area (Å²) in [4.78, 5) is 8.01. The van der Waals surface area contributed by atoms with E-state index < -0.39 is 0 Å². The molecule has 1 fully saturated rings. The highest BCUT2D eigenvalue weighted by molar-refractivity contribution is 6.32. The first-order chi connectivity index (χ1) is 7.29. The molecule has 1 aromatic heterocycles. The fraction of sp³-hybridized carbons (Fsp3) is 0.556. The van der Waals surface area contributed by atoms with Gasteiger partial charge in [-0.15, -0.1) is 0 Å². The number of hydrogen-bond acceptors (Lipinski definition) is 5. The summed E-state index contributed by atoms with van der Waals surface area (Å²) in [5, 5.41) is 3.70. The Labute approximate surface area is 93.4 Å². The molecule has 0 atom stereocenters. The molecule has 0 unspecified atom stereocenters. The zero-order valence-corrected chi connectivity index (χ0v) is 9.09. The summed E-state index contributed by atoms with van der Waals surface area (Å²) in [6.07, 6.45) is 5.42. The van der Waals surface area contributed by atoms with Crippen LogP contribution in [0.4, 0.5) is 11.8 Å². The highest BCUT2D eigenvalue weighted by Crippen LogP contribution is 2.32. The molecule has 0 radical (unpaired) electrons. The summed E-state index contributed by atoms with van der Waals surface area (Å²) in [6, 6.07) is 0. The summed E-state index contributed by atoms with van der Waals surface area (Å²) < 4.78 is 0. The van der Waals surface area contributed by atoms with Gasteiger partial charge in [-0.1, -0.05) is 24.4 Å². The molecule has 5 nitrogen and oxygen atoms in total. The van der Waals surface area contributed by atoms with Crippen LogP contribution in [0.25, 0.3) is 0 Å². The van der Waals surface area contributed by atoms with Crippen LogP contribution in [0, 0.1) is 5.92 Å². The molecule has 1 aromatic rings. The van der Waals surface area contributed by atoms with Gasteiger partial charge in [0.15, 0.2) is 5.82 Å². The molecule has 0 amide bonds. The average Bonchev–Trinajstić information content (AvgIpc) is 3.05. The number of nitrogens with one attached hydrogen (secondary N) is 2. The number of nitrogen functional groups attached to an aromatic ring is 1. The molecule has 0 bridgehead atoms. The van der Waals surface area contributed by atoms with E-state index in [0.717, 1.165) is 12.5 Å². The number of anilines is 2. The van der Waals surface area contributed by atoms with Gasteiger partial charge in [-0.3, -0.25) is 5.43 Å². The number of nitrogens with two attached hydrogens (primary N) is 1. The van der Waals surface area contributed by atoms with E-state index in [0.29, 0.717) is 16.8 Å². The van der Waals surface area contributed by atoms with Gasteiger partial charge in [0.1, 0.15) is 5.02 Å². The molecule has 0 saturated heterocycles. The molecule has 1 aliphatic carbocycles. The fourth-order valence-electron chi connectivity index (χ4n) is 1.36. The van der Waals surface area contributed by atoms with Crippen LogP contribution in [0.3, 0.4) is 0 Å². The fourth-order valence-corrected chi connectivity index (χ4v) is 1.52. The van der Waals surface area contributed by atoms with Gasteiger partial charge in [-0.05, 0) is 12.3 Å². The molecule has 82 valence electrons. The quantitative estimate of drug-likeness (QED) is 0.527. The highest BCUT2D eigenvalue weighted by Gasteiger charge is 2.20. The van der Waals surface area contributed by atoms with Crippen molar-refractivity contribution in [2.24, 2.45) is 11.8 Å². The maximum atomic E-state index is 5.93. The van der Waals surface area contributed by atoms with Crippen molar-refractivity contribution in [1.82, 2.24) is 9.97 Å². The van der Waals surface area contributed by atoms with Gasteiger partial charge in [-0.25, -0.2) is 10.8 Å². The van der Waals surface area contributed by atoms with Gasteiger partial charge >= 0.3 is 0 Å². The Balaban J connectivity index is 1.92. The van der Waals surface area contributed by atoms with Crippen molar-refractivity contribution in [3.05, 3.63) is 11.2 Å². The Morgan fingerprint density at radius 3 is 3.00 bits per heavy atom. The summed E-state index contributed by atoms with van der Waals surface area (Å²) >= 11 is 5.93. The van der Waals surface area contributed by atoms with E-state index in [-0.39, 0.29) is 0 Å². The summed E-state index contributed by atoms with van der Waals surface area (Å²) in [5.74, 6) is 7.11. The lowest BCUT2D eigenvalue weighted by Gasteiger charge is -2.07. The topological polar surface area (TPSA) is 75.9 Å². The van der Waals surface area contributed by atoms with E-state index in [1.165, 1.54) is 25.5 Å². The second-order valence-corrected chi connectivity index (χ2v) is 4.10. The van der Waals surface area contributed by atoms with E-state index in [9.17, 15) is 0 Å². The molecular formula is C9H14ClN5. The monoisotopic (exact) mass is 227 g/mol. The molecular weight excluding hydrogens is 214 g/mol. The summed E-state index contributed by atoms with van der Waals surface area (Å²) in [7, 11) is 0. The second kappa shape index (κ2) is 4.63. The van der Waals surface area contributed by atoms with Crippen LogP contribution < -0.4 is 16.6 Å². The van der Waals surface area contributed by atoms with Crippen molar-refractivity contribution >= 4 is 23.4 Å². The minimum atomic E-state index is 0.369. The van der Waals surface area contributed by atoms with Crippen LogP contribution in [0.5, 0.6) is 0 Å². The number of hydrazine groups is 1. The maximum absolute atomic E-state index is 5.93. The second-order valence-electron chi connectivity index (χ2n) is 3.69. The van der Waals surface area contributed by atoms with Crippen LogP contribution in [0.15, 0.2) is 6.20 Å². The van der Waals surface area contributed by atoms with Gasteiger partial charge in [0.05, 0.1) is 6.20 Å². The Morgan fingerprint density at radius 2 is 2.33 bits per heavy atom. The molecule has 2 rings (SSSR count). The minimum Gasteiger partial charge on any atom is -0.369 e. The third-order valence-electron chi connectivity index (χ3n) is 2.42. The number of hydrogen-bond donors (Lipinski definition) is 3. The number of rotatable bonds is 5. The SMILES string of the molecule is NNc1ncc(Cl)c(NCCC2CC2)n1. The molecule has 15 heavy (non-hydrogen) atoms. The highest BCUT2D eigenvalue weighted by atomic mass is 35.5. The van der Waals surface area contributed by atoms with Crippen molar-refractivity contribution in [3.63, 3.8) is 0 Å². The van der Waals surface area contributed by atoms with Gasteiger partial charge in [-0.2, -0.15) is 4.98 Å². The van der Waals surface area contributed by atoms with E-state index in [2.05, 4.69) is 20.7 Å². The van der Waals surface area contributed by atoms with Crippen LogP contribution in [0.1, 0.15) is 19.3 Å². The molecule has 1 heterocycles. The molecule has 4 N–H and O–H groups in total. The maximum Gasteiger partial charge on any atom is 0.239 e. The van der Waals surface area contributed by atoms with Crippen molar-refractivity contribution in [2.45, 2.75) is 19.3 Å². The third kappa shape index (κ3) is 2.94. The van der Waals surface area contributed by atoms with Crippen LogP contribution in [0.2, 0.25) is 5.02 Å². The Kier molecular flexibility index (Phi) is 3.23. The Bertz CT molecular complexity index is 339. The third-order valence-corrected chi connectivity index (χ3v) is 2.69. The smallest absolute Gasteiger partial charge is 0.239 e. The summed E-state index contributed by atoms with van der Waals surface area (Å²) in [6.45, 7) is 0.894. The summed E-state index contributed by atoms with van der Waals surface area (Å²) in [5.41, 5.74) is 2.39. The average molecular weight is 228 g/mol. The lowest BCUT2D eigenvalue weighted by atomic mass is 10.3. The number of aromatic nitrogens is 2. The largest absolute Gasteiger partial charge is 0.369 e. The van der Waals surface area contributed by atoms with Gasteiger partial charge < -0.3 is 5.32 Å². The number of halogens is 1. The molecule has 1 aliphatic rings. The predicted octanol–water partition coefficient (Wildman–Crippen LogP) is 1.63. The standard InChI is InChI=1S/C9H14ClN5/c10-7-5-13-9(15-11)14-8(7)12-4-3-6-1-2-6/h5-6H,1-4,11H2,(H2,12,13,14,15). The minimum absolute atomic E-state index is 0.369. The van der Waals surface area contributed by atoms with E-state index in [4.69, 9.17) is 17.4 Å². The normalized spacial score (nSPS) is 15.1. The zero-order valence-electron chi connectivity index (χ0n) is 8.33. The lowest BCUT2D eigenvalue weighted by molar-refractivity contribution is 0.758. The lowest BCUT2D eigenvalue weighted by Crippen LogP contribution is -2.12. The van der Waals surface area contributed by atoms with Crippen LogP contribution >= 0.6 is 11.6 Å². The van der Waals surface area contributed by atoms with Crippen molar-refractivity contribution < 1.29 is 0 Å². The van der Waals surface area contributed by atoms with Crippen molar-refractivity contribution in [1.29, 1.82) is 0 Å². The predicted molar refractivity (Wildman–Crippen MR) is 60.7 cm³/mol. The molecule has 6 heteroatoms. The van der Waals surface area contributed by atoms with Crippen molar-refractivity contribution in [3.8, 4) is 0 Å². The zero-order chi connectivity index (χ0) is 10.7. The molecule has 0 spiro atoms. The van der Waals surface area contributed by atoms with Crippen LogP contribution in [-0.4, -0.2) is 16.5 Å². The van der Waals surface area contributed by atoms with E-state index in [1.54, 1.807) is 0 Å². The first-order valence-electron chi connectivity index (χ1n) is 5.02. The van der Waals surface area contributed by atoms with E-state index >= 15 is 0 Å².